The number of carbonyl (C=O) groups excluding carboxylic acids is 1. The molecule has 3 heterocycles. The number of rotatable bonds is 4. The molecule has 0 spiro atoms. The molecule has 1 unspecified atom stereocenters. The molecule has 0 saturated carbocycles. The van der Waals surface area contributed by atoms with Gasteiger partial charge in [0.2, 0.25) is 5.91 Å². The fraction of sp³-hybridized carbons (Fsp3) is 0.467. The normalized spacial score (nSPS) is 18.4. The summed E-state index contributed by atoms with van der Waals surface area (Å²) in [5.41, 5.74) is 6.32. The molecular weight excluding hydrogens is 270 g/mol. The van der Waals surface area contributed by atoms with Crippen LogP contribution in [0, 0.1) is 12.8 Å². The van der Waals surface area contributed by atoms with Gasteiger partial charge < -0.3 is 19.5 Å². The van der Waals surface area contributed by atoms with Crippen molar-refractivity contribution in [3.8, 4) is 11.7 Å². The van der Waals surface area contributed by atoms with Gasteiger partial charge in [0.25, 0.3) is 5.89 Å². The van der Waals surface area contributed by atoms with Crippen LogP contribution in [0.25, 0.3) is 11.7 Å². The summed E-state index contributed by atoms with van der Waals surface area (Å²) < 4.78 is 10.8. The summed E-state index contributed by atoms with van der Waals surface area (Å²) in [5, 5.41) is 0. The summed E-state index contributed by atoms with van der Waals surface area (Å²) in [6, 6.07) is 3.56. The number of carbonyl (C=O) groups is 1. The van der Waals surface area contributed by atoms with E-state index in [1.165, 1.54) is 0 Å². The maximum absolute atomic E-state index is 12.3. The van der Waals surface area contributed by atoms with Crippen molar-refractivity contribution in [2.24, 2.45) is 11.7 Å². The zero-order valence-corrected chi connectivity index (χ0v) is 12.0. The van der Waals surface area contributed by atoms with Gasteiger partial charge in [0.15, 0.2) is 5.76 Å². The second kappa shape index (κ2) is 5.73. The quantitative estimate of drug-likeness (QED) is 0.923. The van der Waals surface area contributed by atoms with Crippen LogP contribution in [-0.4, -0.2) is 35.4 Å². The van der Waals surface area contributed by atoms with Crippen molar-refractivity contribution in [2.45, 2.75) is 19.8 Å². The number of aromatic nitrogens is 1. The van der Waals surface area contributed by atoms with Gasteiger partial charge in [0.1, 0.15) is 5.76 Å². The fourth-order valence-corrected chi connectivity index (χ4v) is 2.60. The van der Waals surface area contributed by atoms with Gasteiger partial charge in [-0.3, -0.25) is 4.79 Å². The van der Waals surface area contributed by atoms with E-state index in [1.54, 1.807) is 18.4 Å². The van der Waals surface area contributed by atoms with Crippen molar-refractivity contribution in [3.05, 3.63) is 29.9 Å². The van der Waals surface area contributed by atoms with Gasteiger partial charge in [0, 0.05) is 13.1 Å². The van der Waals surface area contributed by atoms with Gasteiger partial charge in [-0.15, -0.1) is 0 Å². The maximum atomic E-state index is 12.3. The molecule has 2 aromatic heterocycles. The van der Waals surface area contributed by atoms with Gasteiger partial charge >= 0.3 is 0 Å². The lowest BCUT2D eigenvalue weighted by atomic mass is 10.1. The molecule has 1 aliphatic heterocycles. The Morgan fingerprint density at radius 2 is 2.43 bits per heavy atom. The standard InChI is InChI=1S/C15H19N3O3/c1-10-12(17-15(21-10)13-3-2-6-20-13)7-14(19)18-5-4-11(8-16)9-18/h2-3,6,11H,4-5,7-9,16H2,1H3. The van der Waals surface area contributed by atoms with E-state index in [0.29, 0.717) is 35.6 Å². The van der Waals surface area contributed by atoms with Gasteiger partial charge in [-0.1, -0.05) is 0 Å². The highest BCUT2D eigenvalue weighted by Gasteiger charge is 2.26. The lowest BCUT2D eigenvalue weighted by Crippen LogP contribution is -2.31. The highest BCUT2D eigenvalue weighted by Crippen LogP contribution is 2.23. The van der Waals surface area contributed by atoms with Crippen LogP contribution in [0.4, 0.5) is 0 Å². The third-order valence-corrected chi connectivity index (χ3v) is 3.92. The lowest BCUT2D eigenvalue weighted by molar-refractivity contribution is -0.129. The minimum absolute atomic E-state index is 0.0772. The Kier molecular flexibility index (Phi) is 3.79. The molecule has 0 aliphatic carbocycles. The predicted molar refractivity (Wildman–Crippen MR) is 76.4 cm³/mol. The van der Waals surface area contributed by atoms with Crippen LogP contribution in [0.2, 0.25) is 0 Å². The Morgan fingerprint density at radius 1 is 1.57 bits per heavy atom. The number of hydrogen-bond acceptors (Lipinski definition) is 5. The van der Waals surface area contributed by atoms with Crippen molar-refractivity contribution in [2.75, 3.05) is 19.6 Å². The van der Waals surface area contributed by atoms with Crippen LogP contribution < -0.4 is 5.73 Å². The van der Waals surface area contributed by atoms with E-state index in [-0.39, 0.29) is 12.3 Å². The Morgan fingerprint density at radius 3 is 3.10 bits per heavy atom. The average Bonchev–Trinajstić information content (AvgIpc) is 3.18. The first-order chi connectivity index (χ1) is 10.2. The van der Waals surface area contributed by atoms with Gasteiger partial charge in [-0.2, -0.15) is 0 Å². The number of hydrogen-bond donors (Lipinski definition) is 1. The van der Waals surface area contributed by atoms with E-state index >= 15 is 0 Å². The molecule has 0 bridgehead atoms. The second-order valence-electron chi connectivity index (χ2n) is 5.41. The number of nitrogens with zero attached hydrogens (tertiary/aromatic N) is 2. The lowest BCUT2D eigenvalue weighted by Gasteiger charge is -2.15. The van der Waals surface area contributed by atoms with Crippen molar-refractivity contribution in [3.63, 3.8) is 0 Å². The molecule has 112 valence electrons. The highest BCUT2D eigenvalue weighted by atomic mass is 16.4. The van der Waals surface area contributed by atoms with Gasteiger partial charge in [-0.25, -0.2) is 4.98 Å². The monoisotopic (exact) mass is 289 g/mol. The smallest absolute Gasteiger partial charge is 0.263 e. The molecule has 0 radical (unpaired) electrons. The van der Waals surface area contributed by atoms with Crippen LogP contribution in [0.5, 0.6) is 0 Å². The topological polar surface area (TPSA) is 85.5 Å². The summed E-state index contributed by atoms with van der Waals surface area (Å²) >= 11 is 0. The minimum Gasteiger partial charge on any atom is -0.459 e. The SMILES string of the molecule is Cc1oc(-c2ccco2)nc1CC(=O)N1CCC(CN)C1. The minimum atomic E-state index is 0.0772. The molecule has 2 N–H and O–H groups in total. The second-order valence-corrected chi connectivity index (χ2v) is 5.41. The Bertz CT molecular complexity index is 618. The van der Waals surface area contributed by atoms with Crippen LogP contribution in [0.1, 0.15) is 17.9 Å². The van der Waals surface area contributed by atoms with E-state index in [0.717, 1.165) is 19.5 Å². The average molecular weight is 289 g/mol. The molecule has 21 heavy (non-hydrogen) atoms. The van der Waals surface area contributed by atoms with Crippen LogP contribution in [0.15, 0.2) is 27.2 Å². The summed E-state index contributed by atoms with van der Waals surface area (Å²) in [6.45, 7) is 3.98. The molecule has 1 saturated heterocycles. The first kappa shape index (κ1) is 13.9. The van der Waals surface area contributed by atoms with E-state index in [9.17, 15) is 4.79 Å². The van der Waals surface area contributed by atoms with Crippen molar-refractivity contribution in [1.29, 1.82) is 0 Å². The number of oxazole rings is 1. The molecule has 3 rings (SSSR count). The highest BCUT2D eigenvalue weighted by molar-refractivity contribution is 5.79. The largest absolute Gasteiger partial charge is 0.459 e. The summed E-state index contributed by atoms with van der Waals surface area (Å²) in [5.74, 6) is 2.14. The van der Waals surface area contributed by atoms with Crippen LogP contribution in [-0.2, 0) is 11.2 Å². The number of likely N-dealkylation sites (tertiary alicyclic amines) is 1. The number of nitrogens with two attached hydrogens (primary N) is 1. The third-order valence-electron chi connectivity index (χ3n) is 3.92. The van der Waals surface area contributed by atoms with Crippen LogP contribution >= 0.6 is 0 Å². The molecule has 6 heteroatoms. The molecule has 2 aromatic rings. The molecule has 1 fully saturated rings. The maximum Gasteiger partial charge on any atom is 0.263 e. The van der Waals surface area contributed by atoms with Crippen molar-refractivity contribution < 1.29 is 13.6 Å². The molecule has 1 aliphatic rings. The molecule has 1 atom stereocenters. The third kappa shape index (κ3) is 2.85. The summed E-state index contributed by atoms with van der Waals surface area (Å²) in [7, 11) is 0. The molecular formula is C15H19N3O3. The predicted octanol–water partition coefficient (Wildman–Crippen LogP) is 1.59. The van der Waals surface area contributed by atoms with E-state index in [2.05, 4.69) is 4.98 Å². The van der Waals surface area contributed by atoms with E-state index in [4.69, 9.17) is 14.6 Å². The van der Waals surface area contributed by atoms with E-state index in [1.807, 2.05) is 11.8 Å². The fourth-order valence-electron chi connectivity index (χ4n) is 2.60. The first-order valence-electron chi connectivity index (χ1n) is 7.15. The van der Waals surface area contributed by atoms with Crippen molar-refractivity contribution in [1.82, 2.24) is 9.88 Å². The number of amides is 1. The Hall–Kier alpha value is -2.08. The van der Waals surface area contributed by atoms with Gasteiger partial charge in [-0.05, 0) is 37.9 Å². The molecule has 6 nitrogen and oxygen atoms in total. The summed E-state index contributed by atoms with van der Waals surface area (Å²) in [6.07, 6.45) is 2.81. The van der Waals surface area contributed by atoms with Crippen LogP contribution in [0.3, 0.4) is 0 Å². The zero-order valence-electron chi connectivity index (χ0n) is 12.0. The zero-order chi connectivity index (χ0) is 14.8. The van der Waals surface area contributed by atoms with E-state index < -0.39 is 0 Å². The first-order valence-corrected chi connectivity index (χ1v) is 7.15. The number of aryl methyl sites for hydroxylation is 1. The summed E-state index contributed by atoms with van der Waals surface area (Å²) in [4.78, 5) is 18.5. The van der Waals surface area contributed by atoms with Crippen molar-refractivity contribution >= 4 is 5.91 Å². The van der Waals surface area contributed by atoms with Gasteiger partial charge in [0.05, 0.1) is 18.4 Å². The number of furan rings is 1. The molecule has 0 aromatic carbocycles. The molecule has 1 amide bonds. The Labute approximate surface area is 122 Å². The Balaban J connectivity index is 1.69.